The molecule has 0 amide bonds. The molecule has 6 rings (SSSR count). The molecule has 6 aliphatic rings. The molecular formula is C59H103NO46. The first-order valence-electron chi connectivity index (χ1n) is 33.5. The van der Waals surface area contributed by atoms with E-state index in [1.54, 1.807) is 0 Å². The van der Waals surface area contributed by atoms with Crippen molar-refractivity contribution in [2.45, 2.75) is 260 Å². The zero-order valence-corrected chi connectivity index (χ0v) is 56.4. The molecule has 47 nitrogen and oxygen atoms in total. The van der Waals surface area contributed by atoms with Crippen LogP contribution in [0.1, 0.15) is 38.5 Å². The Bertz CT molecular complexity index is 2650. The number of aliphatic hydroxyl groups excluding tert-OH is 31. The molecule has 47 heteroatoms. The summed E-state index contributed by atoms with van der Waals surface area (Å²) in [4.78, 5) is 0. The fourth-order valence-corrected chi connectivity index (χ4v) is 11.9. The van der Waals surface area contributed by atoms with Gasteiger partial charge >= 0.3 is 0 Å². The number of rotatable bonds is 43. The standard InChI is InChI=1S/C59H103NO46/c60-7-2-1-3-11-92-54-39(86)48(42(100-54)19(71)12-64)98-53(91)38(85)46(23(6-10-63)94-55-34(81)30(77)28(75)24(15-67)95-55)104-58-40(87)49(43(101-58)20(72)13-65)99-52(90)37(84)45(22(5-9-62)93-51(89)33(80)27(74)18(70)4-8-61)103-59-41(88)50(44(102-59)21(73)14-66)106-57-36(83)32(79)47(26(17-69)97-57)105-56-35(82)31(78)29(76)25(16-68)96-56/h18-26,28-32,34-36,39-44,47-59,61-91H,1-17,60H2/b33-27+,45-37+,46-38+/t18?,19-,20-,21-,22?,23?,24?,25?,26?,28?,29?,30?,31?,32?,34?,35?,36?,39?,40?,41?,42?,43?,44?,47?,48?,49?,50?,51?,52?,53?,54?,55?,56?,57?,58?,59?/m1/s1. The summed E-state index contributed by atoms with van der Waals surface area (Å²) in [5.41, 5.74) is 5.55. The maximum atomic E-state index is 12.1. The Kier molecular flexibility index (Phi) is 36.9. The van der Waals surface area contributed by atoms with Gasteiger partial charge in [-0.3, -0.25) is 0 Å². The van der Waals surface area contributed by atoms with E-state index in [-0.39, 0.29) is 6.61 Å². The summed E-state index contributed by atoms with van der Waals surface area (Å²) in [6.45, 7) is -9.62. The van der Waals surface area contributed by atoms with Crippen molar-refractivity contribution < 1.29 is 229 Å². The molecule has 0 aromatic carbocycles. The van der Waals surface area contributed by atoms with Crippen molar-refractivity contribution in [3.63, 3.8) is 0 Å². The molecule has 106 heavy (non-hydrogen) atoms. The van der Waals surface area contributed by atoms with Crippen molar-refractivity contribution in [3.8, 4) is 0 Å². The summed E-state index contributed by atoms with van der Waals surface area (Å²) in [6, 6.07) is 0. The summed E-state index contributed by atoms with van der Waals surface area (Å²) in [6.07, 6.45) is -80.7. The van der Waals surface area contributed by atoms with Crippen LogP contribution in [-0.2, 0) is 71.1 Å². The van der Waals surface area contributed by atoms with Crippen LogP contribution in [0.5, 0.6) is 0 Å². The first-order chi connectivity index (χ1) is 50.3. The summed E-state index contributed by atoms with van der Waals surface area (Å²) >= 11 is 0. The van der Waals surface area contributed by atoms with E-state index in [1.165, 1.54) is 0 Å². The number of ether oxygens (including phenoxy) is 15. The van der Waals surface area contributed by atoms with Crippen molar-refractivity contribution in [2.75, 3.05) is 72.6 Å². The first-order valence-corrected chi connectivity index (χ1v) is 33.5. The first kappa shape index (κ1) is 91.3. The number of hydrogen-bond acceptors (Lipinski definition) is 47. The van der Waals surface area contributed by atoms with Crippen LogP contribution >= 0.6 is 0 Å². The lowest BCUT2D eigenvalue weighted by atomic mass is 9.96. The molecule has 620 valence electrons. The second-order valence-corrected chi connectivity index (χ2v) is 25.2. The Hall–Kier alpha value is -3.62. The molecule has 0 aromatic heterocycles. The smallest absolute Gasteiger partial charge is 0.229 e. The SMILES string of the molecule is NCCCCCOC1OC([C@H](O)CO)C(OC(O)/C(O)=C(\OC2OC([C@H](O)CO)C(OC(O)/C(O)=C(\OC3OC([C@H](O)CO)C(OC4OC(CO)C(OC5OC(CO)C(O)C(O)C5O)C(O)C4O)C3O)C(CCO)OC(O)/C(O)=C(\O)C(O)CCO)C2O)C(CCO)OC2OC(CO)C(O)C(O)C2O)C1O. The fraction of sp³-hybridized carbons (Fsp3) is 0.898. The third kappa shape index (κ3) is 22.0. The van der Waals surface area contributed by atoms with Crippen molar-refractivity contribution in [3.05, 3.63) is 34.6 Å². The normalized spacial score (nSPS) is 39.2. The van der Waals surface area contributed by atoms with E-state index in [4.69, 9.17) is 76.8 Å². The van der Waals surface area contributed by atoms with Crippen LogP contribution in [0.15, 0.2) is 34.6 Å². The van der Waals surface area contributed by atoms with Crippen molar-refractivity contribution >= 4 is 0 Å². The van der Waals surface area contributed by atoms with Gasteiger partial charge in [0.05, 0.1) is 39.6 Å². The Balaban J connectivity index is 1.39. The molecular weight excluding hydrogens is 1460 g/mol. The fourth-order valence-electron chi connectivity index (χ4n) is 11.9. The zero-order chi connectivity index (χ0) is 78.9. The Labute approximate surface area is 600 Å². The van der Waals surface area contributed by atoms with Crippen LogP contribution < -0.4 is 5.73 Å². The summed E-state index contributed by atoms with van der Waals surface area (Å²) < 4.78 is 84.4. The molecule has 36 atom stereocenters. The molecule has 6 heterocycles. The van der Waals surface area contributed by atoms with E-state index < -0.39 is 335 Å². The summed E-state index contributed by atoms with van der Waals surface area (Å²) in [7, 11) is 0. The molecule has 33 unspecified atom stereocenters. The second-order valence-electron chi connectivity index (χ2n) is 25.2. The minimum absolute atomic E-state index is 0.0781. The van der Waals surface area contributed by atoms with E-state index in [9.17, 15) is 158 Å². The van der Waals surface area contributed by atoms with E-state index in [0.29, 0.717) is 25.8 Å². The zero-order valence-electron chi connectivity index (χ0n) is 56.4. The minimum atomic E-state index is -3.17. The van der Waals surface area contributed by atoms with Gasteiger partial charge in [0.1, 0.15) is 165 Å². The summed E-state index contributed by atoms with van der Waals surface area (Å²) in [5, 5.41) is 336. The van der Waals surface area contributed by atoms with E-state index in [2.05, 4.69) is 0 Å². The highest BCUT2D eigenvalue weighted by Crippen LogP contribution is 2.40. The summed E-state index contributed by atoms with van der Waals surface area (Å²) in [5.74, 6) is -9.25. The van der Waals surface area contributed by atoms with Crippen LogP contribution in [-0.4, -0.2) is 452 Å². The predicted octanol–water partition coefficient (Wildman–Crippen LogP) is -15.8. The molecule has 0 aliphatic carbocycles. The van der Waals surface area contributed by atoms with Crippen molar-refractivity contribution in [1.29, 1.82) is 0 Å². The number of aliphatic hydroxyl groups is 31. The Morgan fingerprint density at radius 2 is 0.755 bits per heavy atom. The number of hydrogen-bond donors (Lipinski definition) is 32. The van der Waals surface area contributed by atoms with Gasteiger partial charge < -0.3 is 235 Å². The van der Waals surface area contributed by atoms with Crippen LogP contribution in [0.3, 0.4) is 0 Å². The predicted molar refractivity (Wildman–Crippen MR) is 330 cm³/mol. The molecule has 6 fully saturated rings. The van der Waals surface area contributed by atoms with E-state index in [0.717, 1.165) is 0 Å². The van der Waals surface area contributed by atoms with Gasteiger partial charge in [-0.15, -0.1) is 0 Å². The lowest BCUT2D eigenvalue weighted by Crippen LogP contribution is -2.65. The molecule has 0 saturated carbocycles. The maximum Gasteiger partial charge on any atom is 0.229 e. The highest BCUT2D eigenvalue weighted by Gasteiger charge is 2.58. The quantitative estimate of drug-likeness (QED) is 0.0153. The Morgan fingerprint density at radius 1 is 0.349 bits per heavy atom. The van der Waals surface area contributed by atoms with Gasteiger partial charge in [-0.2, -0.15) is 0 Å². The lowest BCUT2D eigenvalue weighted by molar-refractivity contribution is -0.365. The Morgan fingerprint density at radius 3 is 1.23 bits per heavy atom. The van der Waals surface area contributed by atoms with Gasteiger partial charge in [0, 0.05) is 45.7 Å². The highest BCUT2D eigenvalue weighted by molar-refractivity contribution is 5.15. The minimum Gasteiger partial charge on any atom is -0.506 e. The van der Waals surface area contributed by atoms with Gasteiger partial charge in [-0.25, -0.2) is 0 Å². The average molecular weight is 1560 g/mol. The average Bonchev–Trinajstić information content (AvgIpc) is 1.39. The number of nitrogens with two attached hydrogens (primary N) is 1. The largest absolute Gasteiger partial charge is 0.506 e. The molecule has 6 saturated heterocycles. The molecule has 0 spiro atoms. The van der Waals surface area contributed by atoms with Gasteiger partial charge in [-0.1, -0.05) is 0 Å². The van der Waals surface area contributed by atoms with Gasteiger partial charge in [0.25, 0.3) is 0 Å². The van der Waals surface area contributed by atoms with Crippen molar-refractivity contribution in [2.24, 2.45) is 5.73 Å². The maximum absolute atomic E-state index is 12.1. The number of unbranched alkanes of at least 4 members (excludes halogenated alkanes) is 2. The van der Waals surface area contributed by atoms with E-state index >= 15 is 0 Å². The lowest BCUT2D eigenvalue weighted by Gasteiger charge is -2.46. The molecule has 0 aromatic rings. The molecule has 0 bridgehead atoms. The van der Waals surface area contributed by atoms with Crippen LogP contribution in [0.4, 0.5) is 0 Å². The van der Waals surface area contributed by atoms with Crippen LogP contribution in [0.2, 0.25) is 0 Å². The molecule has 33 N–H and O–H groups in total. The van der Waals surface area contributed by atoms with E-state index in [1.807, 2.05) is 0 Å². The van der Waals surface area contributed by atoms with Gasteiger partial charge in [-0.05, 0) is 25.8 Å². The van der Waals surface area contributed by atoms with Crippen LogP contribution in [0, 0.1) is 0 Å². The van der Waals surface area contributed by atoms with Crippen molar-refractivity contribution in [1.82, 2.24) is 0 Å². The topological polar surface area (TPSA) is 792 Å². The third-order valence-corrected chi connectivity index (χ3v) is 17.8. The molecule has 0 radical (unpaired) electrons. The van der Waals surface area contributed by atoms with Gasteiger partial charge in [0.2, 0.25) is 31.5 Å². The van der Waals surface area contributed by atoms with Crippen LogP contribution in [0.25, 0.3) is 0 Å². The third-order valence-electron chi connectivity index (χ3n) is 17.8. The molecule has 6 aliphatic heterocycles. The highest BCUT2D eigenvalue weighted by atomic mass is 16.8. The second kappa shape index (κ2) is 42.9. The monoisotopic (exact) mass is 1560 g/mol. The van der Waals surface area contributed by atoms with Gasteiger partial charge in [0.15, 0.2) is 59.7 Å².